The minimum absolute atomic E-state index is 0.308. The summed E-state index contributed by atoms with van der Waals surface area (Å²) in [6.45, 7) is 0.377. The highest BCUT2D eigenvalue weighted by Crippen LogP contribution is 2.18. The zero-order chi connectivity index (χ0) is 17.8. The van der Waals surface area contributed by atoms with Gasteiger partial charge in [0.1, 0.15) is 5.76 Å². The number of aromatic nitrogens is 5. The van der Waals surface area contributed by atoms with Crippen LogP contribution in [-0.2, 0) is 6.54 Å². The lowest BCUT2D eigenvalue weighted by Crippen LogP contribution is -2.17. The third kappa shape index (κ3) is 3.20. The highest BCUT2D eigenvalue weighted by atomic mass is 16.3. The topological polar surface area (TPSA) is 98.7 Å². The summed E-state index contributed by atoms with van der Waals surface area (Å²) in [7, 11) is 0. The van der Waals surface area contributed by atoms with E-state index in [0.717, 1.165) is 11.3 Å². The van der Waals surface area contributed by atoms with Crippen molar-refractivity contribution in [2.75, 3.05) is 5.32 Å². The van der Waals surface area contributed by atoms with Crippen LogP contribution in [0, 0.1) is 0 Å². The molecule has 0 saturated heterocycles. The molecule has 0 aromatic carbocycles. The number of carbonyl (C=O) groups is 1. The summed E-state index contributed by atoms with van der Waals surface area (Å²) in [4.78, 5) is 25.3. The molecular weight excluding hydrogens is 332 g/mol. The maximum Gasteiger partial charge on any atom is 0.281 e. The Morgan fingerprint density at radius 3 is 2.69 bits per heavy atom. The number of anilines is 1. The van der Waals surface area contributed by atoms with Gasteiger partial charge < -0.3 is 9.73 Å². The van der Waals surface area contributed by atoms with Gasteiger partial charge in [-0.2, -0.15) is 9.67 Å². The van der Waals surface area contributed by atoms with Gasteiger partial charge in [0.2, 0.25) is 5.95 Å². The number of nitrogens with one attached hydrogen (secondary N) is 1. The Morgan fingerprint density at radius 2 is 1.96 bits per heavy atom. The van der Waals surface area contributed by atoms with Gasteiger partial charge in [-0.1, -0.05) is 0 Å². The summed E-state index contributed by atoms with van der Waals surface area (Å²) in [6, 6.07) is 10.5. The number of pyridine rings is 2. The monoisotopic (exact) mass is 346 g/mol. The Morgan fingerprint density at radius 1 is 1.08 bits per heavy atom. The smallest absolute Gasteiger partial charge is 0.281 e. The molecule has 0 atom stereocenters. The summed E-state index contributed by atoms with van der Waals surface area (Å²) in [5.41, 5.74) is 1.18. The minimum Gasteiger partial charge on any atom is -0.467 e. The van der Waals surface area contributed by atoms with Gasteiger partial charge in [0.25, 0.3) is 5.91 Å². The van der Waals surface area contributed by atoms with E-state index < -0.39 is 0 Å². The summed E-state index contributed by atoms with van der Waals surface area (Å²) in [5, 5.41) is 7.45. The van der Waals surface area contributed by atoms with Gasteiger partial charge >= 0.3 is 0 Å². The van der Waals surface area contributed by atoms with Crippen LogP contribution in [0.25, 0.3) is 11.4 Å². The lowest BCUT2D eigenvalue weighted by Gasteiger charge is -2.05. The lowest BCUT2D eigenvalue weighted by molar-refractivity contribution is 0.0947. The van der Waals surface area contributed by atoms with Crippen molar-refractivity contribution in [1.29, 1.82) is 0 Å². The molecule has 0 aliphatic rings. The second-order valence-electron chi connectivity index (χ2n) is 5.39. The van der Waals surface area contributed by atoms with Crippen molar-refractivity contribution < 1.29 is 9.21 Å². The fourth-order valence-electron chi connectivity index (χ4n) is 2.38. The molecule has 0 unspecified atom stereocenters. The van der Waals surface area contributed by atoms with E-state index in [4.69, 9.17) is 4.42 Å². The van der Waals surface area contributed by atoms with Crippen molar-refractivity contribution in [3.8, 4) is 11.4 Å². The van der Waals surface area contributed by atoms with E-state index in [1.54, 1.807) is 55.3 Å². The number of carbonyl (C=O) groups excluding carboxylic acids is 1. The van der Waals surface area contributed by atoms with Crippen molar-refractivity contribution in [2.45, 2.75) is 6.54 Å². The maximum atomic E-state index is 12.8. The molecule has 0 fully saturated rings. The first-order valence-corrected chi connectivity index (χ1v) is 7.90. The van der Waals surface area contributed by atoms with Gasteiger partial charge in [0.15, 0.2) is 5.82 Å². The Hall–Kier alpha value is -3.81. The predicted molar refractivity (Wildman–Crippen MR) is 93.3 cm³/mol. The highest BCUT2D eigenvalue weighted by molar-refractivity contribution is 5.96. The highest BCUT2D eigenvalue weighted by Gasteiger charge is 2.19. The lowest BCUT2D eigenvalue weighted by atomic mass is 10.2. The van der Waals surface area contributed by atoms with Crippen molar-refractivity contribution >= 4 is 11.9 Å². The number of furan rings is 1. The molecule has 0 aliphatic carbocycles. The maximum absolute atomic E-state index is 12.8. The molecule has 1 N–H and O–H groups in total. The molecule has 128 valence electrons. The molecule has 26 heavy (non-hydrogen) atoms. The standard InChI is InChI=1S/C18H14N6O2/c25-17(13-5-8-19-9-6-13)24-18(21-12-15-4-2-10-26-15)22-16(23-24)14-3-1-7-20-11-14/h1-11H,12H2,(H,21,22,23). The fourth-order valence-corrected chi connectivity index (χ4v) is 2.38. The molecule has 4 heterocycles. The molecule has 8 heteroatoms. The van der Waals surface area contributed by atoms with E-state index in [9.17, 15) is 4.79 Å². The Bertz CT molecular complexity index is 997. The molecular formula is C18H14N6O2. The van der Waals surface area contributed by atoms with Gasteiger partial charge in [-0.05, 0) is 36.4 Å². The van der Waals surface area contributed by atoms with Crippen LogP contribution in [0.5, 0.6) is 0 Å². The third-order valence-electron chi connectivity index (χ3n) is 3.65. The van der Waals surface area contributed by atoms with E-state index >= 15 is 0 Å². The molecule has 4 aromatic heterocycles. The second kappa shape index (κ2) is 6.98. The van der Waals surface area contributed by atoms with Crippen LogP contribution in [0.2, 0.25) is 0 Å². The molecule has 0 amide bonds. The molecule has 8 nitrogen and oxygen atoms in total. The van der Waals surface area contributed by atoms with Gasteiger partial charge in [-0.15, -0.1) is 5.10 Å². The van der Waals surface area contributed by atoms with Gasteiger partial charge in [-0.25, -0.2) is 0 Å². The van der Waals surface area contributed by atoms with E-state index in [-0.39, 0.29) is 5.91 Å². The van der Waals surface area contributed by atoms with Crippen molar-refractivity contribution in [1.82, 2.24) is 24.7 Å². The van der Waals surface area contributed by atoms with E-state index in [0.29, 0.717) is 23.9 Å². The summed E-state index contributed by atoms with van der Waals surface area (Å²) < 4.78 is 6.55. The number of hydrogen-bond acceptors (Lipinski definition) is 7. The SMILES string of the molecule is O=C(c1ccncc1)n1nc(-c2cccnc2)nc1NCc1ccco1. The van der Waals surface area contributed by atoms with Crippen LogP contribution in [0.4, 0.5) is 5.95 Å². The normalized spacial score (nSPS) is 10.6. The van der Waals surface area contributed by atoms with Crippen LogP contribution < -0.4 is 5.32 Å². The minimum atomic E-state index is -0.308. The first-order valence-electron chi connectivity index (χ1n) is 7.90. The third-order valence-corrected chi connectivity index (χ3v) is 3.65. The first kappa shape index (κ1) is 15.7. The van der Waals surface area contributed by atoms with Crippen molar-refractivity contribution in [2.24, 2.45) is 0 Å². The van der Waals surface area contributed by atoms with Crippen molar-refractivity contribution in [3.63, 3.8) is 0 Å². The number of nitrogens with zero attached hydrogens (tertiary/aromatic N) is 5. The molecule has 0 saturated carbocycles. The van der Waals surface area contributed by atoms with Gasteiger partial charge in [-0.3, -0.25) is 14.8 Å². The molecule has 0 aliphatic heterocycles. The summed E-state index contributed by atoms with van der Waals surface area (Å²) >= 11 is 0. The molecule has 4 aromatic rings. The number of hydrogen-bond donors (Lipinski definition) is 1. The van der Waals surface area contributed by atoms with E-state index in [1.165, 1.54) is 4.68 Å². The summed E-state index contributed by atoms with van der Waals surface area (Å²) in [6.07, 6.45) is 8.01. The molecule has 4 rings (SSSR count). The number of rotatable bonds is 5. The van der Waals surface area contributed by atoms with Crippen molar-refractivity contribution in [3.05, 3.63) is 78.8 Å². The molecule has 0 radical (unpaired) electrons. The van der Waals surface area contributed by atoms with Crippen LogP contribution in [0.3, 0.4) is 0 Å². The predicted octanol–water partition coefficient (Wildman–Crippen LogP) is 2.63. The van der Waals surface area contributed by atoms with E-state index in [1.807, 2.05) is 12.1 Å². The molecule has 0 bridgehead atoms. The fraction of sp³-hybridized carbons (Fsp3) is 0.0556. The van der Waals surface area contributed by atoms with E-state index in [2.05, 4.69) is 25.4 Å². The second-order valence-corrected chi connectivity index (χ2v) is 5.39. The van der Waals surface area contributed by atoms with Gasteiger partial charge in [0, 0.05) is 35.9 Å². The Kier molecular flexibility index (Phi) is 4.21. The summed E-state index contributed by atoms with van der Waals surface area (Å²) in [5.74, 6) is 1.14. The van der Waals surface area contributed by atoms with Crippen LogP contribution in [0.1, 0.15) is 16.1 Å². The van der Waals surface area contributed by atoms with Crippen LogP contribution in [0.15, 0.2) is 71.9 Å². The zero-order valence-electron chi connectivity index (χ0n) is 13.6. The Labute approximate surface area is 148 Å². The average Bonchev–Trinajstić information content (AvgIpc) is 3.37. The zero-order valence-corrected chi connectivity index (χ0v) is 13.6. The Balaban J connectivity index is 1.70. The first-order chi connectivity index (χ1) is 12.8. The molecule has 0 spiro atoms. The van der Waals surface area contributed by atoms with Crippen LogP contribution in [-0.4, -0.2) is 30.6 Å². The average molecular weight is 346 g/mol. The van der Waals surface area contributed by atoms with Crippen LogP contribution >= 0.6 is 0 Å². The van der Waals surface area contributed by atoms with Gasteiger partial charge in [0.05, 0.1) is 12.8 Å². The largest absolute Gasteiger partial charge is 0.467 e. The quantitative estimate of drug-likeness (QED) is 0.593.